The average molecular weight is 291 g/mol. The number of hydrogen-bond donors (Lipinski definition) is 0. The van der Waals surface area contributed by atoms with Crippen LogP contribution in [0.5, 0.6) is 0 Å². The van der Waals surface area contributed by atoms with Crippen LogP contribution in [-0.4, -0.2) is 29.0 Å². The predicted molar refractivity (Wildman–Crippen MR) is 69.9 cm³/mol. The van der Waals surface area contributed by atoms with Gasteiger partial charge in [0.15, 0.2) is 0 Å². The summed E-state index contributed by atoms with van der Waals surface area (Å²) < 4.78 is 13.7. The number of rotatable bonds is 2. The average Bonchev–Trinajstić information content (AvgIpc) is 2.73. The van der Waals surface area contributed by atoms with Crippen molar-refractivity contribution in [1.82, 2.24) is 5.06 Å². The molecular weight excluding hydrogens is 277 g/mol. The zero-order valence-corrected chi connectivity index (χ0v) is 11.3. The van der Waals surface area contributed by atoms with Gasteiger partial charge in [-0.25, -0.2) is 9.18 Å². The van der Waals surface area contributed by atoms with Gasteiger partial charge >= 0.3 is 5.97 Å². The first-order valence-electron chi connectivity index (χ1n) is 6.93. The Bertz CT molecular complexity index is 580. The molecule has 0 bridgehead atoms. The Morgan fingerprint density at radius 3 is 2.24 bits per heavy atom. The summed E-state index contributed by atoms with van der Waals surface area (Å²) in [5.41, 5.74) is 0.381. The molecule has 1 aromatic rings. The summed E-state index contributed by atoms with van der Waals surface area (Å²) in [6.07, 6.45) is 0.882. The number of hydroxylamine groups is 2. The van der Waals surface area contributed by atoms with Crippen LogP contribution in [0, 0.1) is 5.92 Å². The van der Waals surface area contributed by atoms with Crippen molar-refractivity contribution in [1.29, 1.82) is 0 Å². The van der Waals surface area contributed by atoms with Crippen molar-refractivity contribution in [3.05, 3.63) is 35.4 Å². The first-order chi connectivity index (χ1) is 10.1. The van der Waals surface area contributed by atoms with Crippen molar-refractivity contribution in [2.24, 2.45) is 5.92 Å². The number of halogens is 1. The van der Waals surface area contributed by atoms with Crippen LogP contribution in [0.4, 0.5) is 4.39 Å². The standard InChI is InChI=1S/C15H14FNO4/c16-12-8-4-3-7-11(12)15(20)21-17-13(18)9-5-1-2-6-10(9)14(17)19/h1-2,5-6,11-12H,3-4,7-8H2. The zero-order valence-electron chi connectivity index (χ0n) is 11.3. The molecular formula is C15H14FNO4. The van der Waals surface area contributed by atoms with Gasteiger partial charge in [0.05, 0.1) is 17.0 Å². The van der Waals surface area contributed by atoms with Crippen LogP contribution < -0.4 is 0 Å². The molecule has 2 aliphatic rings. The molecule has 1 aromatic carbocycles. The van der Waals surface area contributed by atoms with Gasteiger partial charge < -0.3 is 4.84 Å². The molecule has 1 aliphatic carbocycles. The van der Waals surface area contributed by atoms with Gasteiger partial charge in [0.1, 0.15) is 6.17 Å². The van der Waals surface area contributed by atoms with Gasteiger partial charge in [0.2, 0.25) is 0 Å². The fraction of sp³-hybridized carbons (Fsp3) is 0.400. The lowest BCUT2D eigenvalue weighted by Crippen LogP contribution is -2.38. The zero-order chi connectivity index (χ0) is 15.0. The van der Waals surface area contributed by atoms with Crippen molar-refractivity contribution in [2.75, 3.05) is 0 Å². The van der Waals surface area contributed by atoms with Crippen LogP contribution in [-0.2, 0) is 9.63 Å². The summed E-state index contributed by atoms with van der Waals surface area (Å²) in [7, 11) is 0. The van der Waals surface area contributed by atoms with Crippen LogP contribution in [0.25, 0.3) is 0 Å². The molecule has 1 fully saturated rings. The Kier molecular flexibility index (Phi) is 3.45. The molecule has 0 spiro atoms. The number of carbonyl (C=O) groups excluding carboxylic acids is 3. The molecule has 3 rings (SSSR count). The monoisotopic (exact) mass is 291 g/mol. The number of imide groups is 1. The Hall–Kier alpha value is -2.24. The SMILES string of the molecule is O=C(ON1C(=O)c2ccccc2C1=O)C1CCCCC1F. The lowest BCUT2D eigenvalue weighted by atomic mass is 9.88. The maximum atomic E-state index is 13.7. The van der Waals surface area contributed by atoms with Crippen molar-refractivity contribution < 1.29 is 23.6 Å². The summed E-state index contributed by atoms with van der Waals surface area (Å²) in [4.78, 5) is 41.0. The van der Waals surface area contributed by atoms with Gasteiger partial charge in [0, 0.05) is 0 Å². The lowest BCUT2D eigenvalue weighted by Gasteiger charge is -2.25. The second-order valence-corrected chi connectivity index (χ2v) is 5.27. The summed E-state index contributed by atoms with van der Waals surface area (Å²) in [5, 5.41) is 0.439. The fourth-order valence-electron chi connectivity index (χ4n) is 2.76. The molecule has 2 amide bonds. The van der Waals surface area contributed by atoms with Gasteiger partial charge in [-0.05, 0) is 25.0 Å². The third-order valence-corrected chi connectivity index (χ3v) is 3.92. The number of benzene rings is 1. The van der Waals surface area contributed by atoms with E-state index in [1.54, 1.807) is 12.1 Å². The van der Waals surface area contributed by atoms with Crippen LogP contribution in [0.1, 0.15) is 46.4 Å². The summed E-state index contributed by atoms with van der Waals surface area (Å²) >= 11 is 0. The normalized spacial score (nSPS) is 24.9. The third kappa shape index (κ3) is 2.30. The first kappa shape index (κ1) is 13.7. The number of nitrogens with zero attached hydrogens (tertiary/aromatic N) is 1. The second-order valence-electron chi connectivity index (χ2n) is 5.27. The van der Waals surface area contributed by atoms with Gasteiger partial charge in [-0.3, -0.25) is 9.59 Å². The minimum Gasteiger partial charge on any atom is -0.329 e. The van der Waals surface area contributed by atoms with Crippen molar-refractivity contribution in [3.8, 4) is 0 Å². The highest BCUT2D eigenvalue weighted by Crippen LogP contribution is 2.29. The van der Waals surface area contributed by atoms with E-state index in [2.05, 4.69) is 0 Å². The molecule has 0 aromatic heterocycles. The Labute approximate surface area is 120 Å². The van der Waals surface area contributed by atoms with E-state index in [9.17, 15) is 18.8 Å². The molecule has 2 atom stereocenters. The maximum Gasteiger partial charge on any atom is 0.339 e. The quantitative estimate of drug-likeness (QED) is 0.784. The largest absolute Gasteiger partial charge is 0.339 e. The van der Waals surface area contributed by atoms with Crippen molar-refractivity contribution in [3.63, 3.8) is 0 Å². The van der Waals surface area contributed by atoms with Crippen molar-refractivity contribution >= 4 is 17.8 Å². The van der Waals surface area contributed by atoms with E-state index in [0.717, 1.165) is 12.8 Å². The van der Waals surface area contributed by atoms with E-state index < -0.39 is 29.9 Å². The van der Waals surface area contributed by atoms with E-state index in [0.29, 0.717) is 17.9 Å². The Balaban J connectivity index is 1.76. The summed E-state index contributed by atoms with van der Waals surface area (Å²) in [6, 6.07) is 6.21. The molecule has 2 unspecified atom stereocenters. The number of alkyl halides is 1. The van der Waals surface area contributed by atoms with Gasteiger partial charge in [-0.15, -0.1) is 0 Å². The maximum absolute atomic E-state index is 13.7. The molecule has 1 saturated carbocycles. The molecule has 6 heteroatoms. The molecule has 1 heterocycles. The minimum absolute atomic E-state index is 0.191. The lowest BCUT2D eigenvalue weighted by molar-refractivity contribution is -0.177. The number of fused-ring (bicyclic) bond motifs is 1. The van der Waals surface area contributed by atoms with Crippen LogP contribution in [0.3, 0.4) is 0 Å². The molecule has 0 N–H and O–H groups in total. The van der Waals surface area contributed by atoms with E-state index >= 15 is 0 Å². The molecule has 1 aliphatic heterocycles. The summed E-state index contributed by atoms with van der Waals surface area (Å²) in [5.74, 6) is -3.12. The number of carbonyl (C=O) groups is 3. The summed E-state index contributed by atoms with van der Waals surface area (Å²) in [6.45, 7) is 0. The highest BCUT2D eigenvalue weighted by molar-refractivity contribution is 6.20. The fourth-order valence-corrected chi connectivity index (χ4v) is 2.76. The topological polar surface area (TPSA) is 63.7 Å². The van der Waals surface area contributed by atoms with Crippen LogP contribution >= 0.6 is 0 Å². The molecule has 0 radical (unpaired) electrons. The number of amides is 2. The number of hydrogen-bond acceptors (Lipinski definition) is 4. The Morgan fingerprint density at radius 2 is 1.67 bits per heavy atom. The first-order valence-corrected chi connectivity index (χ1v) is 6.93. The van der Waals surface area contributed by atoms with Crippen LogP contribution in [0.2, 0.25) is 0 Å². The van der Waals surface area contributed by atoms with Gasteiger partial charge in [0.25, 0.3) is 11.8 Å². The van der Waals surface area contributed by atoms with E-state index in [4.69, 9.17) is 4.84 Å². The molecule has 110 valence electrons. The van der Waals surface area contributed by atoms with Crippen LogP contribution in [0.15, 0.2) is 24.3 Å². The molecule has 21 heavy (non-hydrogen) atoms. The van der Waals surface area contributed by atoms with Gasteiger partial charge in [-0.1, -0.05) is 30.0 Å². The predicted octanol–water partition coefficient (Wildman–Crippen LogP) is 2.27. The molecule has 0 saturated heterocycles. The highest BCUT2D eigenvalue weighted by Gasteiger charge is 2.41. The van der Waals surface area contributed by atoms with Gasteiger partial charge in [-0.2, -0.15) is 0 Å². The molecule has 5 nitrogen and oxygen atoms in total. The van der Waals surface area contributed by atoms with E-state index in [1.165, 1.54) is 12.1 Å². The minimum atomic E-state index is -1.28. The second kappa shape index (κ2) is 5.27. The highest BCUT2D eigenvalue weighted by atomic mass is 19.1. The Morgan fingerprint density at radius 1 is 1.10 bits per heavy atom. The third-order valence-electron chi connectivity index (χ3n) is 3.92. The van der Waals surface area contributed by atoms with Crippen molar-refractivity contribution in [2.45, 2.75) is 31.9 Å². The smallest absolute Gasteiger partial charge is 0.329 e. The van der Waals surface area contributed by atoms with E-state index in [1.807, 2.05) is 0 Å². The van der Waals surface area contributed by atoms with E-state index in [-0.39, 0.29) is 11.1 Å².